The smallest absolute Gasteiger partial charge is 0.407 e. The Morgan fingerprint density at radius 3 is 2.38 bits per heavy atom. The molecule has 1 saturated heterocycles. The average Bonchev–Trinajstić information content (AvgIpc) is 3.16. The SMILES string of the molecule is CC(C)C(CCN(C)C(=NCC(=O)N(C)C)NCC1CCCO1)NC(=O)OC(C)(C)C.I. The molecule has 0 aromatic heterocycles. The van der Waals surface area contributed by atoms with Crippen LogP contribution in [0.5, 0.6) is 0 Å². The van der Waals surface area contributed by atoms with Gasteiger partial charge in [-0.25, -0.2) is 9.79 Å². The fourth-order valence-corrected chi connectivity index (χ4v) is 3.08. The summed E-state index contributed by atoms with van der Waals surface area (Å²) < 4.78 is 11.1. The predicted octanol–water partition coefficient (Wildman–Crippen LogP) is 2.69. The van der Waals surface area contributed by atoms with E-state index < -0.39 is 11.7 Å². The lowest BCUT2D eigenvalue weighted by Crippen LogP contribution is -2.46. The minimum atomic E-state index is -0.534. The third kappa shape index (κ3) is 12.7. The Hall–Kier alpha value is -1.30. The maximum Gasteiger partial charge on any atom is 0.407 e. The molecule has 1 rings (SSSR count). The van der Waals surface area contributed by atoms with Crippen molar-refractivity contribution in [3.05, 3.63) is 0 Å². The summed E-state index contributed by atoms with van der Waals surface area (Å²) in [5, 5.41) is 6.33. The maximum atomic E-state index is 12.2. The van der Waals surface area contributed by atoms with Crippen LogP contribution >= 0.6 is 24.0 Å². The molecule has 10 heteroatoms. The predicted molar refractivity (Wildman–Crippen MR) is 139 cm³/mol. The zero-order valence-electron chi connectivity index (χ0n) is 21.1. The second-order valence-electron chi connectivity index (χ2n) is 9.65. The summed E-state index contributed by atoms with van der Waals surface area (Å²) in [6, 6.07) is -0.0416. The van der Waals surface area contributed by atoms with E-state index in [0.717, 1.165) is 25.9 Å². The summed E-state index contributed by atoms with van der Waals surface area (Å²) in [6.07, 6.45) is 2.57. The van der Waals surface area contributed by atoms with E-state index in [9.17, 15) is 9.59 Å². The molecular weight excluding hydrogens is 525 g/mol. The topological polar surface area (TPSA) is 95.5 Å². The van der Waals surface area contributed by atoms with Gasteiger partial charge in [0.15, 0.2) is 5.96 Å². The number of hydrogen-bond acceptors (Lipinski definition) is 5. The van der Waals surface area contributed by atoms with E-state index >= 15 is 0 Å². The van der Waals surface area contributed by atoms with Gasteiger partial charge >= 0.3 is 6.09 Å². The molecule has 1 heterocycles. The molecule has 0 aromatic rings. The lowest BCUT2D eigenvalue weighted by molar-refractivity contribution is -0.127. The highest BCUT2D eigenvalue weighted by molar-refractivity contribution is 14.0. The van der Waals surface area contributed by atoms with Gasteiger partial charge in [0.05, 0.1) is 6.10 Å². The molecule has 2 N–H and O–H groups in total. The first kappa shape index (κ1) is 30.7. The number of guanidine groups is 1. The molecule has 1 aliphatic heterocycles. The van der Waals surface area contributed by atoms with E-state index in [2.05, 4.69) is 29.5 Å². The van der Waals surface area contributed by atoms with Gasteiger partial charge in [0.1, 0.15) is 12.1 Å². The number of amides is 2. The van der Waals surface area contributed by atoms with Crippen LogP contribution in [-0.2, 0) is 14.3 Å². The first-order valence-corrected chi connectivity index (χ1v) is 11.2. The first-order chi connectivity index (χ1) is 14.4. The van der Waals surface area contributed by atoms with E-state index in [1.54, 1.807) is 14.1 Å². The van der Waals surface area contributed by atoms with E-state index in [0.29, 0.717) is 19.0 Å². The number of hydrogen-bond donors (Lipinski definition) is 2. The molecule has 2 unspecified atom stereocenters. The molecule has 0 aliphatic carbocycles. The van der Waals surface area contributed by atoms with E-state index in [-0.39, 0.29) is 54.5 Å². The number of alkyl carbamates (subject to hydrolysis) is 1. The molecule has 1 aliphatic rings. The van der Waals surface area contributed by atoms with Crippen LogP contribution < -0.4 is 10.6 Å². The second kappa shape index (κ2) is 14.8. The van der Waals surface area contributed by atoms with Crippen LogP contribution in [0.25, 0.3) is 0 Å². The fraction of sp³-hybridized carbons (Fsp3) is 0.864. The van der Waals surface area contributed by atoms with Gasteiger partial charge in [0, 0.05) is 46.9 Å². The van der Waals surface area contributed by atoms with Crippen LogP contribution in [0.2, 0.25) is 0 Å². The highest BCUT2D eigenvalue weighted by atomic mass is 127. The number of aliphatic imine (C=N–C) groups is 1. The zero-order chi connectivity index (χ0) is 23.6. The number of halogens is 1. The number of nitrogens with zero attached hydrogens (tertiary/aromatic N) is 3. The molecular formula is C22H44IN5O4. The van der Waals surface area contributed by atoms with Gasteiger partial charge in [0.25, 0.3) is 0 Å². The summed E-state index contributed by atoms with van der Waals surface area (Å²) in [5.74, 6) is 0.846. The lowest BCUT2D eigenvalue weighted by Gasteiger charge is -2.29. The number of ether oxygens (including phenoxy) is 2. The third-order valence-corrected chi connectivity index (χ3v) is 5.02. The molecule has 0 aromatic carbocycles. The van der Waals surface area contributed by atoms with Crippen LogP contribution in [0.3, 0.4) is 0 Å². The van der Waals surface area contributed by atoms with Crippen LogP contribution in [-0.4, -0.2) is 92.9 Å². The normalized spacial score (nSPS) is 17.4. The number of nitrogens with one attached hydrogen (secondary N) is 2. The van der Waals surface area contributed by atoms with E-state index in [1.165, 1.54) is 4.90 Å². The monoisotopic (exact) mass is 569 g/mol. The van der Waals surface area contributed by atoms with Gasteiger partial charge in [-0.05, 0) is 46.0 Å². The third-order valence-electron chi connectivity index (χ3n) is 5.02. The number of rotatable bonds is 9. The van der Waals surface area contributed by atoms with Crippen LogP contribution in [0.4, 0.5) is 4.79 Å². The quantitative estimate of drug-likeness (QED) is 0.252. The Balaban J connectivity index is 0.00000961. The molecule has 2 amide bonds. The molecule has 188 valence electrons. The molecule has 2 atom stereocenters. The Bertz CT molecular complexity index is 602. The van der Waals surface area contributed by atoms with Crippen molar-refractivity contribution in [1.82, 2.24) is 20.4 Å². The molecule has 1 fully saturated rings. The van der Waals surface area contributed by atoms with Gasteiger partial charge in [-0.3, -0.25) is 4.79 Å². The summed E-state index contributed by atoms with van der Waals surface area (Å²) in [4.78, 5) is 32.2. The van der Waals surface area contributed by atoms with E-state index in [4.69, 9.17) is 9.47 Å². The number of likely N-dealkylation sites (N-methyl/N-ethyl adjacent to an activating group) is 1. The summed E-state index contributed by atoms with van der Waals surface area (Å²) in [6.45, 7) is 11.9. The Labute approximate surface area is 211 Å². The van der Waals surface area contributed by atoms with Crippen molar-refractivity contribution in [2.45, 2.75) is 71.6 Å². The molecule has 0 radical (unpaired) electrons. The minimum absolute atomic E-state index is 0. The van der Waals surface area contributed by atoms with Crippen molar-refractivity contribution in [3.63, 3.8) is 0 Å². The van der Waals surface area contributed by atoms with Gasteiger partial charge in [-0.2, -0.15) is 0 Å². The zero-order valence-corrected chi connectivity index (χ0v) is 23.4. The summed E-state index contributed by atoms with van der Waals surface area (Å²) in [7, 11) is 5.37. The largest absolute Gasteiger partial charge is 0.444 e. The molecule has 0 saturated carbocycles. The van der Waals surface area contributed by atoms with Gasteiger partial charge in [-0.15, -0.1) is 24.0 Å². The molecule has 32 heavy (non-hydrogen) atoms. The maximum absolute atomic E-state index is 12.2. The van der Waals surface area contributed by atoms with Gasteiger partial charge in [0.2, 0.25) is 5.91 Å². The molecule has 9 nitrogen and oxygen atoms in total. The van der Waals surface area contributed by atoms with E-state index in [1.807, 2.05) is 32.7 Å². The fourth-order valence-electron chi connectivity index (χ4n) is 3.08. The summed E-state index contributed by atoms with van der Waals surface area (Å²) in [5.41, 5.74) is -0.534. The van der Waals surface area contributed by atoms with Gasteiger partial charge < -0.3 is 29.9 Å². The molecule has 0 spiro atoms. The number of carbonyl (C=O) groups is 2. The van der Waals surface area contributed by atoms with Crippen molar-refractivity contribution >= 4 is 41.9 Å². The second-order valence-corrected chi connectivity index (χ2v) is 9.65. The van der Waals surface area contributed by atoms with Crippen molar-refractivity contribution in [3.8, 4) is 0 Å². The van der Waals surface area contributed by atoms with Crippen molar-refractivity contribution in [2.75, 3.05) is 47.4 Å². The van der Waals surface area contributed by atoms with Crippen molar-refractivity contribution in [1.29, 1.82) is 0 Å². The highest BCUT2D eigenvalue weighted by Gasteiger charge is 2.23. The Kier molecular flexibility index (Phi) is 14.2. The average molecular weight is 570 g/mol. The molecule has 0 bridgehead atoms. The van der Waals surface area contributed by atoms with Crippen LogP contribution in [0, 0.1) is 5.92 Å². The van der Waals surface area contributed by atoms with Gasteiger partial charge in [-0.1, -0.05) is 13.8 Å². The standard InChI is InChI=1S/C22H43N5O4.HI/c1-16(2)18(25-21(29)31-22(3,4)5)11-12-27(8)20(24-15-19(28)26(6)7)23-14-17-10-9-13-30-17;/h16-18H,9-15H2,1-8H3,(H,23,24)(H,25,29);1H. The Morgan fingerprint density at radius 1 is 1.22 bits per heavy atom. The highest BCUT2D eigenvalue weighted by Crippen LogP contribution is 2.12. The lowest BCUT2D eigenvalue weighted by atomic mass is 10.0. The van der Waals surface area contributed by atoms with Crippen molar-refractivity contribution in [2.24, 2.45) is 10.9 Å². The number of carbonyl (C=O) groups excluding carboxylic acids is 2. The van der Waals surface area contributed by atoms with Crippen molar-refractivity contribution < 1.29 is 19.1 Å². The summed E-state index contributed by atoms with van der Waals surface area (Å²) >= 11 is 0. The Morgan fingerprint density at radius 2 is 1.88 bits per heavy atom. The minimum Gasteiger partial charge on any atom is -0.444 e. The van der Waals surface area contributed by atoms with Crippen LogP contribution in [0.15, 0.2) is 4.99 Å². The first-order valence-electron chi connectivity index (χ1n) is 11.2. The van der Waals surface area contributed by atoms with Crippen LogP contribution in [0.1, 0.15) is 53.9 Å².